The number of amides is 2. The molecule has 2 amide bonds. The molecule has 0 spiro atoms. The average Bonchev–Trinajstić information content (AvgIpc) is 2.38. The molecule has 112 valence electrons. The number of rotatable bonds is 5. The first-order valence-corrected chi connectivity index (χ1v) is 6.40. The van der Waals surface area contributed by atoms with Gasteiger partial charge in [0.15, 0.2) is 0 Å². The molecule has 0 aliphatic heterocycles. The standard InChI is InChI=1S/C14H21N3O2.ClH/c1-4-9(2)16-13(18)10(3)17-14(19)11-6-5-7-12(15)8-11;/h5-10H,4,15H2,1-3H3,(H,16,18)(H,17,19);1H. The van der Waals surface area contributed by atoms with Crippen molar-refractivity contribution < 1.29 is 9.59 Å². The second kappa shape index (κ2) is 8.43. The highest BCUT2D eigenvalue weighted by Crippen LogP contribution is 2.06. The molecule has 0 saturated heterocycles. The lowest BCUT2D eigenvalue weighted by atomic mass is 10.1. The molecule has 1 rings (SSSR count). The van der Waals surface area contributed by atoms with Crippen LogP contribution in [0.2, 0.25) is 0 Å². The predicted molar refractivity (Wildman–Crippen MR) is 82.9 cm³/mol. The molecule has 0 radical (unpaired) electrons. The molecule has 0 heterocycles. The van der Waals surface area contributed by atoms with Crippen LogP contribution in [-0.2, 0) is 4.79 Å². The Labute approximate surface area is 125 Å². The fraction of sp³-hybridized carbons (Fsp3) is 0.429. The smallest absolute Gasteiger partial charge is 0.251 e. The van der Waals surface area contributed by atoms with E-state index in [1.165, 1.54) is 0 Å². The Kier molecular flexibility index (Phi) is 7.69. The van der Waals surface area contributed by atoms with Gasteiger partial charge in [-0.15, -0.1) is 12.4 Å². The number of carbonyl (C=O) groups is 2. The molecular formula is C14H22ClN3O2. The maximum atomic E-state index is 11.9. The van der Waals surface area contributed by atoms with Crippen molar-refractivity contribution in [2.75, 3.05) is 5.73 Å². The van der Waals surface area contributed by atoms with Crippen LogP contribution in [0, 0.1) is 0 Å². The third kappa shape index (κ3) is 5.48. The van der Waals surface area contributed by atoms with Crippen LogP contribution < -0.4 is 16.4 Å². The van der Waals surface area contributed by atoms with Gasteiger partial charge in [0.2, 0.25) is 5.91 Å². The lowest BCUT2D eigenvalue weighted by Crippen LogP contribution is -2.47. The summed E-state index contributed by atoms with van der Waals surface area (Å²) in [5, 5.41) is 5.47. The van der Waals surface area contributed by atoms with Gasteiger partial charge in [0.1, 0.15) is 6.04 Å². The highest BCUT2D eigenvalue weighted by atomic mass is 35.5. The van der Waals surface area contributed by atoms with E-state index in [0.29, 0.717) is 11.3 Å². The van der Waals surface area contributed by atoms with Crippen molar-refractivity contribution in [3.05, 3.63) is 29.8 Å². The van der Waals surface area contributed by atoms with Gasteiger partial charge in [-0.1, -0.05) is 13.0 Å². The number of carbonyl (C=O) groups excluding carboxylic acids is 2. The van der Waals surface area contributed by atoms with Crippen molar-refractivity contribution in [2.45, 2.75) is 39.3 Å². The summed E-state index contributed by atoms with van der Waals surface area (Å²) in [5.74, 6) is -0.495. The van der Waals surface area contributed by atoms with Crippen molar-refractivity contribution >= 4 is 29.9 Å². The Morgan fingerprint density at radius 1 is 1.25 bits per heavy atom. The predicted octanol–water partition coefficient (Wildman–Crippen LogP) is 1.72. The van der Waals surface area contributed by atoms with Gasteiger partial charge in [0.05, 0.1) is 0 Å². The minimum atomic E-state index is -0.581. The van der Waals surface area contributed by atoms with E-state index in [1.807, 2.05) is 13.8 Å². The van der Waals surface area contributed by atoms with Crippen LogP contribution in [0.4, 0.5) is 5.69 Å². The van der Waals surface area contributed by atoms with Gasteiger partial charge in [-0.3, -0.25) is 9.59 Å². The van der Waals surface area contributed by atoms with Crippen LogP contribution in [0.5, 0.6) is 0 Å². The zero-order valence-electron chi connectivity index (χ0n) is 12.0. The van der Waals surface area contributed by atoms with Crippen molar-refractivity contribution in [1.82, 2.24) is 10.6 Å². The Morgan fingerprint density at radius 3 is 2.45 bits per heavy atom. The summed E-state index contributed by atoms with van der Waals surface area (Å²) in [7, 11) is 0. The van der Waals surface area contributed by atoms with Crippen molar-refractivity contribution in [3.8, 4) is 0 Å². The Balaban J connectivity index is 0.00000361. The molecule has 0 fully saturated rings. The first-order valence-electron chi connectivity index (χ1n) is 6.40. The minimum absolute atomic E-state index is 0. The molecule has 0 aromatic heterocycles. The number of halogens is 1. The largest absolute Gasteiger partial charge is 0.399 e. The summed E-state index contributed by atoms with van der Waals surface area (Å²) in [6, 6.07) is 6.16. The van der Waals surface area contributed by atoms with Crippen molar-refractivity contribution in [3.63, 3.8) is 0 Å². The fourth-order valence-corrected chi connectivity index (χ4v) is 1.50. The molecule has 2 atom stereocenters. The van der Waals surface area contributed by atoms with E-state index in [1.54, 1.807) is 31.2 Å². The molecule has 0 aliphatic carbocycles. The zero-order valence-corrected chi connectivity index (χ0v) is 12.8. The molecule has 0 aliphatic rings. The highest BCUT2D eigenvalue weighted by Gasteiger charge is 2.17. The number of benzene rings is 1. The van der Waals surface area contributed by atoms with Crippen LogP contribution in [0.15, 0.2) is 24.3 Å². The van der Waals surface area contributed by atoms with E-state index in [9.17, 15) is 9.59 Å². The van der Waals surface area contributed by atoms with E-state index in [4.69, 9.17) is 5.73 Å². The minimum Gasteiger partial charge on any atom is -0.399 e. The number of nitrogen functional groups attached to an aromatic ring is 1. The molecule has 1 aromatic rings. The summed E-state index contributed by atoms with van der Waals surface area (Å²) in [5.41, 5.74) is 6.58. The molecule has 1 aromatic carbocycles. The molecule has 0 saturated carbocycles. The van der Waals surface area contributed by atoms with E-state index in [2.05, 4.69) is 10.6 Å². The van der Waals surface area contributed by atoms with Gasteiger partial charge in [-0.05, 0) is 38.5 Å². The Hall–Kier alpha value is -1.75. The summed E-state index contributed by atoms with van der Waals surface area (Å²) in [6.07, 6.45) is 0.849. The van der Waals surface area contributed by atoms with Crippen LogP contribution in [0.25, 0.3) is 0 Å². The molecule has 2 unspecified atom stereocenters. The third-order valence-electron chi connectivity index (χ3n) is 2.89. The van der Waals surface area contributed by atoms with Gasteiger partial charge in [0, 0.05) is 17.3 Å². The summed E-state index contributed by atoms with van der Waals surface area (Å²) >= 11 is 0. The average molecular weight is 300 g/mol. The zero-order chi connectivity index (χ0) is 14.4. The lowest BCUT2D eigenvalue weighted by molar-refractivity contribution is -0.123. The fourth-order valence-electron chi connectivity index (χ4n) is 1.50. The van der Waals surface area contributed by atoms with Gasteiger partial charge in [-0.25, -0.2) is 0 Å². The molecular weight excluding hydrogens is 278 g/mol. The van der Waals surface area contributed by atoms with E-state index >= 15 is 0 Å². The first-order chi connectivity index (χ1) is 8.93. The van der Waals surface area contributed by atoms with Crippen molar-refractivity contribution in [1.29, 1.82) is 0 Å². The topological polar surface area (TPSA) is 84.2 Å². The maximum Gasteiger partial charge on any atom is 0.251 e. The van der Waals surface area contributed by atoms with Crippen LogP contribution >= 0.6 is 12.4 Å². The van der Waals surface area contributed by atoms with Crippen LogP contribution in [0.3, 0.4) is 0 Å². The molecule has 6 heteroatoms. The molecule has 5 nitrogen and oxygen atoms in total. The van der Waals surface area contributed by atoms with Gasteiger partial charge in [0.25, 0.3) is 5.91 Å². The van der Waals surface area contributed by atoms with Gasteiger partial charge < -0.3 is 16.4 Å². The SMILES string of the molecule is CCC(C)NC(=O)C(C)NC(=O)c1cccc(N)c1.Cl. The quantitative estimate of drug-likeness (QED) is 0.724. The number of hydrogen-bond donors (Lipinski definition) is 3. The molecule has 20 heavy (non-hydrogen) atoms. The maximum absolute atomic E-state index is 11.9. The number of hydrogen-bond acceptors (Lipinski definition) is 3. The first kappa shape index (κ1) is 18.2. The third-order valence-corrected chi connectivity index (χ3v) is 2.89. The second-order valence-electron chi connectivity index (χ2n) is 4.64. The summed E-state index contributed by atoms with van der Waals surface area (Å²) in [4.78, 5) is 23.7. The normalized spacial score (nSPS) is 12.8. The number of nitrogens with one attached hydrogen (secondary N) is 2. The molecule has 0 bridgehead atoms. The van der Waals surface area contributed by atoms with E-state index in [-0.39, 0.29) is 30.3 Å². The molecule has 4 N–H and O–H groups in total. The second-order valence-corrected chi connectivity index (χ2v) is 4.64. The van der Waals surface area contributed by atoms with Crippen LogP contribution in [-0.4, -0.2) is 23.9 Å². The lowest BCUT2D eigenvalue weighted by Gasteiger charge is -2.17. The van der Waals surface area contributed by atoms with Crippen molar-refractivity contribution in [2.24, 2.45) is 0 Å². The van der Waals surface area contributed by atoms with Crippen LogP contribution in [0.1, 0.15) is 37.6 Å². The number of anilines is 1. The van der Waals surface area contributed by atoms with E-state index < -0.39 is 6.04 Å². The van der Waals surface area contributed by atoms with Gasteiger partial charge in [-0.2, -0.15) is 0 Å². The Bertz CT molecular complexity index is 465. The summed E-state index contributed by atoms with van der Waals surface area (Å²) < 4.78 is 0. The summed E-state index contributed by atoms with van der Waals surface area (Å²) in [6.45, 7) is 5.56. The van der Waals surface area contributed by atoms with E-state index in [0.717, 1.165) is 6.42 Å². The van der Waals surface area contributed by atoms with Gasteiger partial charge >= 0.3 is 0 Å². The number of nitrogens with two attached hydrogens (primary N) is 1. The Morgan fingerprint density at radius 2 is 1.90 bits per heavy atom. The highest BCUT2D eigenvalue weighted by molar-refractivity contribution is 5.98. The monoisotopic (exact) mass is 299 g/mol.